The van der Waals surface area contributed by atoms with Gasteiger partial charge in [0.1, 0.15) is 5.60 Å². The highest BCUT2D eigenvalue weighted by atomic mass is 16.6. The van der Waals surface area contributed by atoms with Crippen LogP contribution >= 0.6 is 0 Å². The lowest BCUT2D eigenvalue weighted by Crippen LogP contribution is -2.51. The fourth-order valence-corrected chi connectivity index (χ4v) is 5.95. The van der Waals surface area contributed by atoms with E-state index in [0.717, 1.165) is 11.8 Å². The third-order valence-electron chi connectivity index (χ3n) is 6.20. The van der Waals surface area contributed by atoms with E-state index in [4.69, 9.17) is 4.74 Å². The van der Waals surface area contributed by atoms with Crippen molar-refractivity contribution in [1.29, 1.82) is 0 Å². The van der Waals surface area contributed by atoms with E-state index in [1.807, 2.05) is 0 Å². The first-order chi connectivity index (χ1) is 8.25. The molecule has 0 radical (unpaired) electrons. The molecule has 0 aromatic heterocycles. The Kier molecular flexibility index (Phi) is 1.88. The zero-order valence-electron chi connectivity index (χ0n) is 10.2. The Morgan fingerprint density at radius 2 is 1.71 bits per heavy atom. The Morgan fingerprint density at radius 3 is 2.24 bits per heavy atom. The molecular formula is C15H20O2. The molecule has 0 aromatic carbocycles. The quantitative estimate of drug-likeness (QED) is 0.416. The molecular weight excluding hydrogens is 212 g/mol. The maximum absolute atomic E-state index is 11.7. The van der Waals surface area contributed by atoms with E-state index < -0.39 is 0 Å². The van der Waals surface area contributed by atoms with Crippen molar-refractivity contribution >= 4 is 5.97 Å². The second kappa shape index (κ2) is 3.15. The molecule has 4 atom stereocenters. The van der Waals surface area contributed by atoms with Crippen molar-refractivity contribution in [3.8, 4) is 0 Å². The van der Waals surface area contributed by atoms with E-state index in [0.29, 0.717) is 17.8 Å². The molecule has 4 aliphatic rings. The van der Waals surface area contributed by atoms with Crippen molar-refractivity contribution < 1.29 is 9.53 Å². The van der Waals surface area contributed by atoms with Crippen LogP contribution in [0.5, 0.6) is 0 Å². The fourth-order valence-electron chi connectivity index (χ4n) is 5.95. The Hall–Kier alpha value is -0.790. The number of ether oxygens (including phenoxy) is 1. The van der Waals surface area contributed by atoms with Crippen LogP contribution < -0.4 is 0 Å². The van der Waals surface area contributed by atoms with E-state index in [2.05, 4.69) is 6.58 Å². The van der Waals surface area contributed by atoms with Gasteiger partial charge in [0.05, 0.1) is 0 Å². The predicted molar refractivity (Wildman–Crippen MR) is 64.2 cm³/mol. The normalized spacial score (nSPS) is 53.8. The number of fused-ring (bicyclic) bond motifs is 9. The average molecular weight is 232 g/mol. The maximum Gasteiger partial charge on any atom is 0.330 e. The molecule has 0 aliphatic heterocycles. The maximum atomic E-state index is 11.7. The second-order valence-corrected chi connectivity index (χ2v) is 6.54. The van der Waals surface area contributed by atoms with E-state index in [1.165, 1.54) is 44.6 Å². The summed E-state index contributed by atoms with van der Waals surface area (Å²) in [7, 11) is 0. The lowest BCUT2D eigenvalue weighted by molar-refractivity contribution is -0.176. The SMILES string of the molecule is C=CC(=O)OC12C3CCC(C3)C1C1CCC2C1. The fraction of sp³-hybridized carbons (Fsp3) is 0.800. The number of carbonyl (C=O) groups is 1. The zero-order valence-corrected chi connectivity index (χ0v) is 10.2. The Morgan fingerprint density at radius 1 is 1.12 bits per heavy atom. The van der Waals surface area contributed by atoms with E-state index >= 15 is 0 Å². The van der Waals surface area contributed by atoms with Crippen molar-refractivity contribution in [1.82, 2.24) is 0 Å². The van der Waals surface area contributed by atoms with Gasteiger partial charge in [-0.05, 0) is 62.2 Å². The summed E-state index contributed by atoms with van der Waals surface area (Å²) in [5.74, 6) is 3.55. The number of hydrogen-bond donors (Lipinski definition) is 0. The van der Waals surface area contributed by atoms with Gasteiger partial charge in [-0.3, -0.25) is 0 Å². The lowest BCUT2D eigenvalue weighted by Gasteiger charge is -2.46. The largest absolute Gasteiger partial charge is 0.455 e. The molecule has 0 heterocycles. The van der Waals surface area contributed by atoms with Gasteiger partial charge in [0, 0.05) is 12.0 Å². The van der Waals surface area contributed by atoms with E-state index in [-0.39, 0.29) is 11.6 Å². The minimum Gasteiger partial charge on any atom is -0.455 e. The molecule has 4 aliphatic carbocycles. The molecule has 4 bridgehead atoms. The first-order valence-electron chi connectivity index (χ1n) is 7.11. The molecule has 0 aromatic rings. The summed E-state index contributed by atoms with van der Waals surface area (Å²) in [5, 5.41) is 0. The number of esters is 1. The van der Waals surface area contributed by atoms with Crippen LogP contribution in [-0.4, -0.2) is 11.6 Å². The van der Waals surface area contributed by atoms with Crippen LogP contribution in [0.15, 0.2) is 12.7 Å². The first kappa shape index (κ1) is 10.2. The second-order valence-electron chi connectivity index (χ2n) is 6.54. The summed E-state index contributed by atoms with van der Waals surface area (Å²) >= 11 is 0. The summed E-state index contributed by atoms with van der Waals surface area (Å²) in [6, 6.07) is 0. The number of hydrogen-bond acceptors (Lipinski definition) is 2. The van der Waals surface area contributed by atoms with Gasteiger partial charge in [0.25, 0.3) is 0 Å². The van der Waals surface area contributed by atoms with E-state index in [1.54, 1.807) is 0 Å². The monoisotopic (exact) mass is 232 g/mol. The summed E-state index contributed by atoms with van der Waals surface area (Å²) in [6.07, 6.45) is 9.33. The number of rotatable bonds is 2. The van der Waals surface area contributed by atoms with Gasteiger partial charge in [-0.2, -0.15) is 0 Å². The van der Waals surface area contributed by atoms with Gasteiger partial charge in [-0.25, -0.2) is 4.79 Å². The van der Waals surface area contributed by atoms with Gasteiger partial charge in [0.2, 0.25) is 0 Å². The molecule has 2 nitrogen and oxygen atoms in total. The van der Waals surface area contributed by atoms with Crippen molar-refractivity contribution in [2.24, 2.45) is 29.6 Å². The first-order valence-corrected chi connectivity index (χ1v) is 7.11. The zero-order chi connectivity index (χ0) is 11.6. The van der Waals surface area contributed by atoms with Crippen LogP contribution in [0.25, 0.3) is 0 Å². The molecule has 0 saturated heterocycles. The van der Waals surface area contributed by atoms with Gasteiger partial charge in [-0.1, -0.05) is 6.58 Å². The van der Waals surface area contributed by atoms with Crippen molar-refractivity contribution in [3.05, 3.63) is 12.7 Å². The predicted octanol–water partition coefficient (Wildman–Crippen LogP) is 2.93. The van der Waals surface area contributed by atoms with Crippen molar-refractivity contribution in [3.63, 3.8) is 0 Å². The molecule has 0 N–H and O–H groups in total. The molecule has 17 heavy (non-hydrogen) atoms. The van der Waals surface area contributed by atoms with Crippen LogP contribution in [0.4, 0.5) is 0 Å². The third-order valence-corrected chi connectivity index (χ3v) is 6.20. The Labute approximate surface area is 102 Å². The molecule has 92 valence electrons. The average Bonchev–Trinajstić information content (AvgIpc) is 3.06. The summed E-state index contributed by atoms with van der Waals surface area (Å²) < 4.78 is 5.98. The molecule has 4 fully saturated rings. The summed E-state index contributed by atoms with van der Waals surface area (Å²) in [5.41, 5.74) is -0.0584. The van der Waals surface area contributed by atoms with Gasteiger partial charge in [0.15, 0.2) is 0 Å². The molecule has 0 amide bonds. The van der Waals surface area contributed by atoms with Gasteiger partial charge < -0.3 is 4.74 Å². The molecule has 4 unspecified atom stereocenters. The van der Waals surface area contributed by atoms with E-state index in [9.17, 15) is 4.79 Å². The molecule has 2 heteroatoms. The Bertz CT molecular complexity index is 364. The highest BCUT2D eigenvalue weighted by Crippen LogP contribution is 2.70. The molecule has 4 rings (SSSR count). The summed E-state index contributed by atoms with van der Waals surface area (Å²) in [6.45, 7) is 3.56. The minimum absolute atomic E-state index is 0.0584. The van der Waals surface area contributed by atoms with Crippen molar-refractivity contribution in [2.75, 3.05) is 0 Å². The highest BCUT2D eigenvalue weighted by molar-refractivity contribution is 5.81. The highest BCUT2D eigenvalue weighted by Gasteiger charge is 2.71. The Balaban J connectivity index is 1.75. The topological polar surface area (TPSA) is 26.3 Å². The number of carbonyl (C=O) groups excluding carboxylic acids is 1. The van der Waals surface area contributed by atoms with Crippen molar-refractivity contribution in [2.45, 2.75) is 44.1 Å². The van der Waals surface area contributed by atoms with Crippen LogP contribution in [-0.2, 0) is 9.53 Å². The van der Waals surface area contributed by atoms with Crippen LogP contribution in [0.2, 0.25) is 0 Å². The van der Waals surface area contributed by atoms with Crippen LogP contribution in [0.1, 0.15) is 38.5 Å². The molecule has 0 spiro atoms. The smallest absolute Gasteiger partial charge is 0.330 e. The minimum atomic E-state index is -0.185. The summed E-state index contributed by atoms with van der Waals surface area (Å²) in [4.78, 5) is 11.7. The standard InChI is InChI=1S/C15H20O2/c1-2-13(16)17-15-11-5-3-9(7-11)14(15)10-4-6-12(15)8-10/h2,9-12,14H,1,3-8H2. The third kappa shape index (κ3) is 1.05. The van der Waals surface area contributed by atoms with Crippen LogP contribution in [0.3, 0.4) is 0 Å². The van der Waals surface area contributed by atoms with Gasteiger partial charge in [-0.15, -0.1) is 0 Å². The molecule has 4 saturated carbocycles. The van der Waals surface area contributed by atoms with Crippen LogP contribution in [0, 0.1) is 29.6 Å². The lowest BCUT2D eigenvalue weighted by atomic mass is 9.67. The van der Waals surface area contributed by atoms with Gasteiger partial charge >= 0.3 is 5.97 Å².